The van der Waals surface area contributed by atoms with Crippen LogP contribution in [0.3, 0.4) is 0 Å². The van der Waals surface area contributed by atoms with Gasteiger partial charge in [-0.15, -0.1) is 0 Å². The molecule has 0 bridgehead atoms. The Bertz CT molecular complexity index is 3670. The molecule has 4 aromatic carbocycles. The Morgan fingerprint density at radius 3 is 1.37 bits per heavy atom. The quantitative estimate of drug-likeness (QED) is 0.0924. The van der Waals surface area contributed by atoms with Crippen LogP contribution in [0, 0.1) is 0 Å². The molecule has 6 aliphatic rings. The zero-order valence-electron chi connectivity index (χ0n) is 51.0. The number of hydrogen-bond acceptors (Lipinski definition) is 11. The molecule has 0 spiro atoms. The van der Waals surface area contributed by atoms with E-state index in [0.717, 1.165) is 86.3 Å². The van der Waals surface area contributed by atoms with E-state index in [4.69, 9.17) is 14.2 Å². The van der Waals surface area contributed by atoms with Crippen molar-refractivity contribution in [2.45, 2.75) is 141 Å². The molecule has 8 aromatic rings. The zero-order chi connectivity index (χ0) is 59.1. The number of esters is 1. The summed E-state index contributed by atoms with van der Waals surface area (Å²) in [6, 6.07) is 37.0. The molecule has 0 amide bonds. The van der Waals surface area contributed by atoms with Gasteiger partial charge >= 0.3 is 11.9 Å². The van der Waals surface area contributed by atoms with Crippen LogP contribution in [0.2, 0.25) is 0 Å². The van der Waals surface area contributed by atoms with Crippen LogP contribution in [0.1, 0.15) is 158 Å². The number of hydrogen-bond donors (Lipinski definition) is 1. The average Bonchev–Trinajstić information content (AvgIpc) is 1.79. The van der Waals surface area contributed by atoms with Crippen molar-refractivity contribution in [2.75, 3.05) is 82.4 Å². The number of methoxy groups -OCH3 is 1. The molecule has 2 aliphatic carbocycles. The Morgan fingerprint density at radius 2 is 0.931 bits per heavy atom. The second-order valence-electron chi connectivity index (χ2n) is 25.1. The average molecular weight is 1170 g/mol. The summed E-state index contributed by atoms with van der Waals surface area (Å²) in [7, 11) is 1.46. The molecule has 2 saturated heterocycles. The molecule has 0 atom stereocenters. The van der Waals surface area contributed by atoms with Crippen molar-refractivity contribution in [1.29, 1.82) is 0 Å². The number of fused-ring (bicyclic) bond motifs is 10. The summed E-state index contributed by atoms with van der Waals surface area (Å²) in [5.74, 6) is 1.56. The summed E-state index contributed by atoms with van der Waals surface area (Å²) < 4.78 is 22.7. The molecular weight excluding hydrogens is 1080 g/mol. The van der Waals surface area contributed by atoms with E-state index in [1.807, 2.05) is 54.7 Å². The van der Waals surface area contributed by atoms with E-state index in [2.05, 4.69) is 93.3 Å². The number of aromatic carboxylic acids is 1. The molecule has 14 rings (SSSR count). The second kappa shape index (κ2) is 27.2. The minimum Gasteiger partial charge on any atom is -0.487 e. The lowest BCUT2D eigenvalue weighted by atomic mass is 9.81. The fourth-order valence-electron chi connectivity index (χ4n) is 15.2. The van der Waals surface area contributed by atoms with E-state index in [9.17, 15) is 14.7 Å². The van der Waals surface area contributed by atoms with Gasteiger partial charge in [-0.1, -0.05) is 75.6 Å². The Balaban J connectivity index is 0.000000161. The minimum absolute atomic E-state index is 0.284. The van der Waals surface area contributed by atoms with Crippen molar-refractivity contribution in [3.05, 3.63) is 155 Å². The maximum absolute atomic E-state index is 12.6. The van der Waals surface area contributed by atoms with Crippen molar-refractivity contribution in [1.82, 2.24) is 28.9 Å². The van der Waals surface area contributed by atoms with Crippen molar-refractivity contribution in [2.24, 2.45) is 0 Å². The molecule has 14 heteroatoms. The SMILES string of the molecule is COC(=O)c1ccc2c(C3CCCCC3)c3n(c2c1)CCN(CCN1CCCCC1)c1cc(OCc2ccccn2)ccc1-3.O=C(O)c1ccc2c(C3CCCCC3)c3n(c2c1)CCN(CCN1CCCCC1)c1cc(OCc2ccccn2)ccc1-3. The smallest absolute Gasteiger partial charge is 0.337 e. The molecular formula is C73H86N8O6. The zero-order valence-corrected chi connectivity index (χ0v) is 51.0. The normalized spacial score (nSPS) is 17.7. The molecule has 2 saturated carbocycles. The van der Waals surface area contributed by atoms with E-state index >= 15 is 0 Å². The fraction of sp³-hybridized carbons (Fsp3) is 0.452. The molecule has 4 aromatic heterocycles. The van der Waals surface area contributed by atoms with Crippen LogP contribution in [-0.4, -0.2) is 119 Å². The summed E-state index contributed by atoms with van der Waals surface area (Å²) in [5.41, 5.74) is 15.4. The molecule has 0 radical (unpaired) electrons. The summed E-state index contributed by atoms with van der Waals surface area (Å²) in [5, 5.41) is 12.4. The van der Waals surface area contributed by atoms with E-state index in [1.54, 1.807) is 12.3 Å². The van der Waals surface area contributed by atoms with Crippen molar-refractivity contribution in [3.8, 4) is 34.0 Å². The first-order chi connectivity index (χ1) is 42.8. The number of carbonyl (C=O) groups excluding carboxylic acids is 1. The van der Waals surface area contributed by atoms with Gasteiger partial charge < -0.3 is 48.1 Å². The number of ether oxygens (including phenoxy) is 3. The number of piperidine rings is 2. The van der Waals surface area contributed by atoms with Gasteiger partial charge in [-0.3, -0.25) is 9.97 Å². The summed E-state index contributed by atoms with van der Waals surface area (Å²) in [6.45, 7) is 13.1. The maximum Gasteiger partial charge on any atom is 0.337 e. The van der Waals surface area contributed by atoms with Gasteiger partial charge in [0.15, 0.2) is 0 Å². The van der Waals surface area contributed by atoms with Crippen molar-refractivity contribution in [3.63, 3.8) is 0 Å². The standard InChI is InChI=1S/C37H44N4O3.C36H42N4O3/c1-43-37(42)28-13-15-31-34(24-28)41-23-22-40(21-20-39-18-8-3-9-19-39)33-25-30(44-26-29-12-6-7-17-38-29)14-16-32(33)36(41)35(31)27-10-4-2-5-11-27;41-36(42)27-12-14-30-33(23-27)40-22-21-39(20-19-38-17-7-2-8-18-38)32-24-29(43-25-28-11-5-6-16-37-28)13-15-31(32)35(40)34(30)26-9-3-1-4-10-26/h6-7,12-17,24-25,27H,2-5,8-11,18-23,26H2,1H3;5-6,11-16,23-24,26H,1-4,7-10,17-22,25H2,(H,41,42). The van der Waals surface area contributed by atoms with Crippen LogP contribution < -0.4 is 19.3 Å². The van der Waals surface area contributed by atoms with Gasteiger partial charge in [0.2, 0.25) is 0 Å². The van der Waals surface area contributed by atoms with Crippen LogP contribution in [0.4, 0.5) is 11.4 Å². The first kappa shape index (κ1) is 58.3. The Morgan fingerprint density at radius 1 is 0.483 bits per heavy atom. The third-order valence-electron chi connectivity index (χ3n) is 19.7. The van der Waals surface area contributed by atoms with Gasteiger partial charge in [0.05, 0.1) is 41.0 Å². The molecule has 87 heavy (non-hydrogen) atoms. The number of carboxylic acids is 1. The molecule has 0 unspecified atom stereocenters. The number of nitrogens with zero attached hydrogens (tertiary/aromatic N) is 8. The first-order valence-corrected chi connectivity index (χ1v) is 32.8. The summed E-state index contributed by atoms with van der Waals surface area (Å²) >= 11 is 0. The lowest BCUT2D eigenvalue weighted by molar-refractivity contribution is 0.0600. The fourth-order valence-corrected chi connectivity index (χ4v) is 15.2. The Labute approximate surface area is 513 Å². The minimum atomic E-state index is -0.872. The number of carboxylic acid groups (broad SMARTS) is 1. The van der Waals surface area contributed by atoms with E-state index in [0.29, 0.717) is 36.2 Å². The van der Waals surface area contributed by atoms with Crippen molar-refractivity contribution < 1.29 is 28.9 Å². The molecule has 4 aliphatic heterocycles. The van der Waals surface area contributed by atoms with Gasteiger partial charge in [-0.05, 0) is 173 Å². The molecule has 14 nitrogen and oxygen atoms in total. The molecule has 8 heterocycles. The Kier molecular flexibility index (Phi) is 18.2. The first-order valence-electron chi connectivity index (χ1n) is 32.8. The number of likely N-dealkylation sites (tertiary alicyclic amines) is 2. The van der Waals surface area contributed by atoms with Gasteiger partial charge in [0.25, 0.3) is 0 Å². The van der Waals surface area contributed by atoms with Crippen LogP contribution in [0.5, 0.6) is 11.5 Å². The lowest BCUT2D eigenvalue weighted by Crippen LogP contribution is -2.38. The topological polar surface area (TPSA) is 131 Å². The highest BCUT2D eigenvalue weighted by Gasteiger charge is 2.34. The molecule has 1 N–H and O–H groups in total. The van der Waals surface area contributed by atoms with Crippen LogP contribution in [0.25, 0.3) is 44.3 Å². The summed E-state index contributed by atoms with van der Waals surface area (Å²) in [4.78, 5) is 43.9. The highest BCUT2D eigenvalue weighted by Crippen LogP contribution is 2.50. The van der Waals surface area contributed by atoms with Gasteiger partial charge in [-0.25, -0.2) is 9.59 Å². The van der Waals surface area contributed by atoms with Crippen molar-refractivity contribution >= 4 is 45.1 Å². The van der Waals surface area contributed by atoms with Crippen LogP contribution in [0.15, 0.2) is 122 Å². The van der Waals surface area contributed by atoms with Crippen LogP contribution >= 0.6 is 0 Å². The largest absolute Gasteiger partial charge is 0.487 e. The number of carbonyl (C=O) groups is 2. The highest BCUT2D eigenvalue weighted by atomic mass is 16.5. The second-order valence-corrected chi connectivity index (χ2v) is 25.1. The highest BCUT2D eigenvalue weighted by molar-refractivity contribution is 6.01. The number of aromatic nitrogens is 4. The summed E-state index contributed by atoms with van der Waals surface area (Å²) in [6.07, 6.45) is 23.9. The maximum atomic E-state index is 12.6. The molecule has 4 fully saturated rings. The van der Waals surface area contributed by atoms with Crippen LogP contribution in [-0.2, 0) is 31.0 Å². The van der Waals surface area contributed by atoms with E-state index < -0.39 is 5.97 Å². The van der Waals surface area contributed by atoms with E-state index in [1.165, 1.54) is 192 Å². The van der Waals surface area contributed by atoms with Gasteiger partial charge in [-0.2, -0.15) is 0 Å². The lowest BCUT2D eigenvalue weighted by Gasteiger charge is -2.31. The number of pyridine rings is 2. The number of rotatable bonds is 16. The van der Waals surface area contributed by atoms with Gasteiger partial charge in [0, 0.05) is 121 Å². The van der Waals surface area contributed by atoms with Gasteiger partial charge in [0.1, 0.15) is 24.7 Å². The molecule has 454 valence electrons. The predicted octanol–water partition coefficient (Wildman–Crippen LogP) is 14.8. The number of anilines is 2. The third kappa shape index (κ3) is 12.9. The van der Waals surface area contributed by atoms with E-state index in [-0.39, 0.29) is 5.97 Å². The predicted molar refractivity (Wildman–Crippen MR) is 347 cm³/mol. The number of benzene rings is 4. The monoisotopic (exact) mass is 1170 g/mol. The third-order valence-corrected chi connectivity index (χ3v) is 19.7. The Hall–Kier alpha value is -7.68.